The Kier molecular flexibility index (Phi) is 6.47. The number of aromatic nitrogens is 3. The molecule has 1 saturated carbocycles. The summed E-state index contributed by atoms with van der Waals surface area (Å²) in [6.45, 7) is 4.36. The van der Waals surface area contributed by atoms with Gasteiger partial charge in [-0.15, -0.1) is 0 Å². The van der Waals surface area contributed by atoms with Crippen LogP contribution in [0.2, 0.25) is 0 Å². The molecule has 2 aromatic rings. The number of anilines is 1. The molecule has 4 atom stereocenters. The molecule has 3 aliphatic rings. The number of nitrogens with zero attached hydrogens (tertiary/aromatic N) is 3. The Bertz CT molecular complexity index is 919. The number of hydrogen-bond acceptors (Lipinski definition) is 7. The molecule has 32 heavy (non-hydrogen) atoms. The van der Waals surface area contributed by atoms with Gasteiger partial charge in [0.15, 0.2) is 0 Å². The van der Waals surface area contributed by atoms with Gasteiger partial charge in [0.25, 0.3) is 0 Å². The van der Waals surface area contributed by atoms with E-state index in [-0.39, 0.29) is 12.2 Å². The highest BCUT2D eigenvalue weighted by Gasteiger charge is 2.36. The fraction of sp³-hybridized carbons (Fsp3) is 0.720. The lowest BCUT2D eigenvalue weighted by atomic mass is 9.83. The zero-order valence-corrected chi connectivity index (χ0v) is 19.3. The summed E-state index contributed by atoms with van der Waals surface area (Å²) in [4.78, 5) is 14.3. The monoisotopic (exact) mass is 440 g/mol. The molecule has 3 fully saturated rings. The summed E-state index contributed by atoms with van der Waals surface area (Å²) < 4.78 is 12.4. The van der Waals surface area contributed by atoms with E-state index in [1.165, 1.54) is 0 Å². The fourth-order valence-electron chi connectivity index (χ4n) is 5.66. The normalized spacial score (nSPS) is 30.9. The van der Waals surface area contributed by atoms with Crippen molar-refractivity contribution in [1.29, 1.82) is 0 Å². The first-order valence-corrected chi connectivity index (χ1v) is 12.5. The third kappa shape index (κ3) is 4.69. The maximum atomic E-state index is 9.97. The molecule has 2 N–H and O–H groups in total. The Morgan fingerprint density at radius 3 is 2.56 bits per heavy atom. The largest absolute Gasteiger partial charge is 0.474 e. The summed E-state index contributed by atoms with van der Waals surface area (Å²) in [6, 6.07) is 0.320. The van der Waals surface area contributed by atoms with Crippen molar-refractivity contribution in [3.05, 3.63) is 18.0 Å². The Morgan fingerprint density at radius 1 is 1.09 bits per heavy atom. The van der Waals surface area contributed by atoms with Gasteiger partial charge in [0.2, 0.25) is 11.8 Å². The minimum absolute atomic E-state index is 0.134. The Morgan fingerprint density at radius 2 is 1.84 bits per heavy atom. The predicted octanol–water partition coefficient (Wildman–Crippen LogP) is 4.73. The van der Waals surface area contributed by atoms with Crippen LogP contribution >= 0.6 is 0 Å². The second-order valence-electron chi connectivity index (χ2n) is 9.98. The summed E-state index contributed by atoms with van der Waals surface area (Å²) in [5.41, 5.74) is 2.09. The molecule has 4 heterocycles. The number of ether oxygens (including phenoxy) is 2. The van der Waals surface area contributed by atoms with Crippen LogP contribution in [-0.4, -0.2) is 50.5 Å². The van der Waals surface area contributed by atoms with Crippen molar-refractivity contribution >= 4 is 16.9 Å². The van der Waals surface area contributed by atoms with Gasteiger partial charge in [0, 0.05) is 36.8 Å². The second-order valence-corrected chi connectivity index (χ2v) is 9.98. The van der Waals surface area contributed by atoms with Crippen LogP contribution in [-0.2, 0) is 4.74 Å². The molecule has 2 saturated heterocycles. The van der Waals surface area contributed by atoms with Crippen molar-refractivity contribution in [3.8, 4) is 5.88 Å². The molecule has 2 bridgehead atoms. The van der Waals surface area contributed by atoms with Crippen LogP contribution in [0.15, 0.2) is 12.4 Å². The molecule has 0 amide bonds. The van der Waals surface area contributed by atoms with Crippen LogP contribution in [0, 0.1) is 0 Å². The van der Waals surface area contributed by atoms with Crippen molar-refractivity contribution in [2.24, 2.45) is 0 Å². The molecule has 0 aromatic carbocycles. The van der Waals surface area contributed by atoms with E-state index in [1.54, 1.807) is 0 Å². The van der Waals surface area contributed by atoms with Crippen LogP contribution in [0.4, 0.5) is 5.95 Å². The lowest BCUT2D eigenvalue weighted by Crippen LogP contribution is -2.32. The molecule has 0 spiro atoms. The maximum Gasteiger partial charge on any atom is 0.224 e. The SMILES string of the molecule is CCCC(C)Nc1ncc2c(OC3C[C@H]4CC[C@@H](C3)O4)ncc(C3CCC(O)CC3)c2n1. The first-order valence-electron chi connectivity index (χ1n) is 12.5. The highest BCUT2D eigenvalue weighted by Crippen LogP contribution is 2.39. The Hall–Kier alpha value is -1.99. The third-order valence-corrected chi connectivity index (χ3v) is 7.37. The lowest BCUT2D eigenvalue weighted by Gasteiger charge is -2.29. The van der Waals surface area contributed by atoms with Crippen molar-refractivity contribution in [1.82, 2.24) is 15.0 Å². The standard InChI is InChI=1S/C25H36N4O3/c1-3-4-15(2)28-25-27-14-22-23(29-25)21(16-5-7-17(30)8-6-16)13-26-24(22)32-20-11-18-9-10-19(12-20)31-18/h13-20,30H,3-12H2,1-2H3,(H,27,28,29)/t15?,16?,17?,18-,19+,20?. The molecule has 7 heteroatoms. The first kappa shape index (κ1) is 21.8. The third-order valence-electron chi connectivity index (χ3n) is 7.37. The van der Waals surface area contributed by atoms with Gasteiger partial charge in [-0.1, -0.05) is 13.3 Å². The van der Waals surface area contributed by atoms with Crippen LogP contribution in [0.5, 0.6) is 5.88 Å². The number of rotatable bonds is 7. The highest BCUT2D eigenvalue weighted by atomic mass is 16.5. The van der Waals surface area contributed by atoms with E-state index in [9.17, 15) is 5.11 Å². The number of pyridine rings is 1. The van der Waals surface area contributed by atoms with E-state index in [2.05, 4.69) is 24.1 Å². The zero-order valence-electron chi connectivity index (χ0n) is 19.3. The molecular weight excluding hydrogens is 404 g/mol. The molecular formula is C25H36N4O3. The number of aliphatic hydroxyl groups is 1. The quantitative estimate of drug-likeness (QED) is 0.643. The number of aliphatic hydroxyl groups excluding tert-OH is 1. The molecule has 1 aliphatic carbocycles. The van der Waals surface area contributed by atoms with Gasteiger partial charge in [-0.25, -0.2) is 15.0 Å². The minimum atomic E-state index is -0.182. The Labute approximate surface area is 190 Å². The van der Waals surface area contributed by atoms with Gasteiger partial charge in [-0.3, -0.25) is 0 Å². The second kappa shape index (κ2) is 9.48. The average Bonchev–Trinajstić information content (AvgIpc) is 3.12. The van der Waals surface area contributed by atoms with Gasteiger partial charge in [-0.05, 0) is 57.8 Å². The van der Waals surface area contributed by atoms with Crippen LogP contribution in [0.1, 0.15) is 89.5 Å². The smallest absolute Gasteiger partial charge is 0.224 e. The zero-order chi connectivity index (χ0) is 22.1. The molecule has 174 valence electrons. The summed E-state index contributed by atoms with van der Waals surface area (Å²) in [7, 11) is 0. The molecule has 2 aromatic heterocycles. The van der Waals surface area contributed by atoms with Gasteiger partial charge < -0.3 is 19.9 Å². The first-order chi connectivity index (χ1) is 15.6. The maximum absolute atomic E-state index is 9.97. The molecule has 5 rings (SSSR count). The predicted molar refractivity (Wildman–Crippen MR) is 124 cm³/mol. The van der Waals surface area contributed by atoms with E-state index in [1.807, 2.05) is 12.4 Å². The summed E-state index contributed by atoms with van der Waals surface area (Å²) in [6.07, 6.45) is 14.3. The van der Waals surface area contributed by atoms with Crippen molar-refractivity contribution < 1.29 is 14.6 Å². The number of hydrogen-bond donors (Lipinski definition) is 2. The Balaban J connectivity index is 1.45. The molecule has 2 aliphatic heterocycles. The van der Waals surface area contributed by atoms with Gasteiger partial charge in [0.1, 0.15) is 6.10 Å². The number of fused-ring (bicyclic) bond motifs is 3. The summed E-state index contributed by atoms with van der Waals surface area (Å²) >= 11 is 0. The van der Waals surface area contributed by atoms with Crippen LogP contribution in [0.3, 0.4) is 0 Å². The van der Waals surface area contributed by atoms with E-state index in [0.29, 0.717) is 36.0 Å². The van der Waals surface area contributed by atoms with E-state index in [0.717, 1.165) is 80.7 Å². The summed E-state index contributed by atoms with van der Waals surface area (Å²) in [5, 5.41) is 14.3. The minimum Gasteiger partial charge on any atom is -0.474 e. The number of nitrogens with one attached hydrogen (secondary N) is 1. The van der Waals surface area contributed by atoms with Crippen molar-refractivity contribution in [2.75, 3.05) is 5.32 Å². The van der Waals surface area contributed by atoms with Gasteiger partial charge in [-0.2, -0.15) is 0 Å². The van der Waals surface area contributed by atoms with Gasteiger partial charge in [0.05, 0.1) is 29.2 Å². The van der Waals surface area contributed by atoms with E-state index < -0.39 is 0 Å². The van der Waals surface area contributed by atoms with E-state index >= 15 is 0 Å². The van der Waals surface area contributed by atoms with E-state index in [4.69, 9.17) is 19.4 Å². The average molecular weight is 441 g/mol. The molecule has 7 nitrogen and oxygen atoms in total. The fourth-order valence-corrected chi connectivity index (χ4v) is 5.66. The van der Waals surface area contributed by atoms with Gasteiger partial charge >= 0.3 is 0 Å². The van der Waals surface area contributed by atoms with Crippen LogP contribution in [0.25, 0.3) is 10.9 Å². The lowest BCUT2D eigenvalue weighted by molar-refractivity contribution is -0.0445. The van der Waals surface area contributed by atoms with Crippen molar-refractivity contribution in [3.63, 3.8) is 0 Å². The summed E-state index contributed by atoms with van der Waals surface area (Å²) in [5.74, 6) is 1.66. The highest BCUT2D eigenvalue weighted by molar-refractivity contribution is 5.86. The molecule has 2 unspecified atom stereocenters. The van der Waals surface area contributed by atoms with Crippen molar-refractivity contribution in [2.45, 2.75) is 114 Å². The van der Waals surface area contributed by atoms with Crippen LogP contribution < -0.4 is 10.1 Å². The molecule has 0 radical (unpaired) electrons. The topological polar surface area (TPSA) is 89.4 Å².